The third-order valence-electron chi connectivity index (χ3n) is 4.49. The van der Waals surface area contributed by atoms with Crippen LogP contribution in [0.25, 0.3) is 0 Å². The Labute approximate surface area is 160 Å². The molecule has 0 bridgehead atoms. The zero-order chi connectivity index (χ0) is 19.7. The summed E-state index contributed by atoms with van der Waals surface area (Å²) in [5.74, 6) is -0.114. The lowest BCUT2D eigenvalue weighted by atomic mass is 9.95. The van der Waals surface area contributed by atoms with Crippen molar-refractivity contribution >= 4 is 22.0 Å². The number of hydrogen-bond donors (Lipinski definition) is 2. The number of nitrogens with one attached hydrogen (secondary N) is 2. The molecule has 1 aliphatic rings. The van der Waals surface area contributed by atoms with Crippen molar-refractivity contribution in [3.63, 3.8) is 0 Å². The maximum atomic E-state index is 12.6. The first-order valence-corrected chi connectivity index (χ1v) is 10.6. The number of hydrogen-bond acceptors (Lipinski definition) is 5. The van der Waals surface area contributed by atoms with E-state index in [4.69, 9.17) is 4.74 Å². The molecule has 150 valence electrons. The van der Waals surface area contributed by atoms with E-state index >= 15 is 0 Å². The van der Waals surface area contributed by atoms with Crippen molar-refractivity contribution in [1.29, 1.82) is 0 Å². The molecule has 27 heavy (non-hydrogen) atoms. The highest BCUT2D eigenvalue weighted by Crippen LogP contribution is 2.25. The third kappa shape index (κ3) is 6.51. The van der Waals surface area contributed by atoms with Crippen LogP contribution < -0.4 is 10.6 Å². The topological polar surface area (TPSA) is 105 Å². The van der Waals surface area contributed by atoms with E-state index in [0.29, 0.717) is 30.4 Å². The van der Waals surface area contributed by atoms with Crippen LogP contribution in [0.2, 0.25) is 0 Å². The fourth-order valence-corrected chi connectivity index (χ4v) is 4.49. The summed E-state index contributed by atoms with van der Waals surface area (Å²) in [5.41, 5.74) is 0. The SMILES string of the molecule is CCOC(=O)CNC(=O)NCCC1CCN(S(=O)(=O)c2ccccc2)CC1. The molecule has 8 nitrogen and oxygen atoms in total. The molecule has 0 aromatic heterocycles. The standard InChI is InChI=1S/C18H27N3O5S/c1-2-26-17(22)14-20-18(23)19-11-8-15-9-12-21(13-10-15)27(24,25)16-6-4-3-5-7-16/h3-7,15H,2,8-14H2,1H3,(H2,19,20,23). The van der Waals surface area contributed by atoms with Gasteiger partial charge in [0.05, 0.1) is 11.5 Å². The number of esters is 1. The smallest absolute Gasteiger partial charge is 0.325 e. The Balaban J connectivity index is 1.68. The maximum absolute atomic E-state index is 12.6. The van der Waals surface area contributed by atoms with E-state index in [1.807, 2.05) is 0 Å². The molecule has 2 amide bonds. The lowest BCUT2D eigenvalue weighted by Crippen LogP contribution is -2.41. The second-order valence-electron chi connectivity index (χ2n) is 6.36. The van der Waals surface area contributed by atoms with Crippen molar-refractivity contribution in [2.45, 2.75) is 31.1 Å². The van der Waals surface area contributed by atoms with Gasteiger partial charge in [0.1, 0.15) is 6.54 Å². The number of urea groups is 1. The van der Waals surface area contributed by atoms with Gasteiger partial charge in [0.15, 0.2) is 0 Å². The van der Waals surface area contributed by atoms with E-state index in [2.05, 4.69) is 10.6 Å². The molecule has 0 radical (unpaired) electrons. The van der Waals surface area contributed by atoms with Gasteiger partial charge in [-0.05, 0) is 44.2 Å². The third-order valence-corrected chi connectivity index (χ3v) is 6.40. The van der Waals surface area contributed by atoms with Gasteiger partial charge in [0.25, 0.3) is 0 Å². The highest BCUT2D eigenvalue weighted by atomic mass is 32.2. The van der Waals surface area contributed by atoms with E-state index in [9.17, 15) is 18.0 Å². The number of carbonyl (C=O) groups is 2. The number of ether oxygens (including phenoxy) is 1. The largest absolute Gasteiger partial charge is 0.465 e. The van der Waals surface area contributed by atoms with Crippen LogP contribution >= 0.6 is 0 Å². The van der Waals surface area contributed by atoms with Crippen LogP contribution in [-0.2, 0) is 19.6 Å². The molecule has 0 spiro atoms. The van der Waals surface area contributed by atoms with E-state index < -0.39 is 22.0 Å². The minimum atomic E-state index is -3.43. The lowest BCUT2D eigenvalue weighted by Gasteiger charge is -2.31. The van der Waals surface area contributed by atoms with Crippen LogP contribution in [-0.4, -0.2) is 57.5 Å². The average molecular weight is 397 g/mol. The number of carbonyl (C=O) groups excluding carboxylic acids is 2. The summed E-state index contributed by atoms with van der Waals surface area (Å²) in [5, 5.41) is 5.14. The molecule has 1 fully saturated rings. The Bertz CT molecular complexity index is 716. The number of piperidine rings is 1. The van der Waals surface area contributed by atoms with Crippen molar-refractivity contribution in [2.24, 2.45) is 5.92 Å². The molecule has 1 aliphatic heterocycles. The molecule has 1 aromatic carbocycles. The number of amides is 2. The second-order valence-corrected chi connectivity index (χ2v) is 8.30. The van der Waals surface area contributed by atoms with Crippen molar-refractivity contribution in [3.05, 3.63) is 30.3 Å². The van der Waals surface area contributed by atoms with Crippen molar-refractivity contribution in [3.8, 4) is 0 Å². The molecule has 0 atom stereocenters. The molecule has 1 heterocycles. The first-order valence-electron chi connectivity index (χ1n) is 9.16. The predicted octanol–water partition coefficient (Wildman–Crippen LogP) is 1.34. The predicted molar refractivity (Wildman–Crippen MR) is 101 cm³/mol. The molecule has 1 saturated heterocycles. The maximum Gasteiger partial charge on any atom is 0.325 e. The summed E-state index contributed by atoms with van der Waals surface area (Å²) < 4.78 is 31.4. The monoisotopic (exact) mass is 397 g/mol. The molecule has 9 heteroatoms. The van der Waals surface area contributed by atoms with Gasteiger partial charge in [0.2, 0.25) is 10.0 Å². The van der Waals surface area contributed by atoms with E-state index in [0.717, 1.165) is 19.3 Å². The summed E-state index contributed by atoms with van der Waals surface area (Å²) in [6, 6.07) is 8.05. The van der Waals surface area contributed by atoms with Crippen LogP contribution in [0.5, 0.6) is 0 Å². The molecule has 1 aromatic rings. The van der Waals surface area contributed by atoms with Gasteiger partial charge in [-0.2, -0.15) is 4.31 Å². The first-order chi connectivity index (χ1) is 12.9. The van der Waals surface area contributed by atoms with Crippen molar-refractivity contribution < 1.29 is 22.7 Å². The summed E-state index contributed by atoms with van der Waals surface area (Å²) in [7, 11) is -3.43. The number of benzene rings is 1. The first kappa shape index (κ1) is 21.2. The van der Waals surface area contributed by atoms with Crippen molar-refractivity contribution in [1.82, 2.24) is 14.9 Å². The highest BCUT2D eigenvalue weighted by molar-refractivity contribution is 7.89. The molecule has 0 unspecified atom stereocenters. The van der Waals surface area contributed by atoms with Gasteiger partial charge in [0, 0.05) is 19.6 Å². The Morgan fingerprint density at radius 1 is 1.15 bits per heavy atom. The Morgan fingerprint density at radius 3 is 2.44 bits per heavy atom. The van der Waals surface area contributed by atoms with Crippen LogP contribution in [0, 0.1) is 5.92 Å². The fraction of sp³-hybridized carbons (Fsp3) is 0.556. The minimum absolute atomic E-state index is 0.157. The van der Waals surface area contributed by atoms with E-state index in [-0.39, 0.29) is 13.2 Å². The quantitative estimate of drug-likeness (QED) is 0.644. The van der Waals surface area contributed by atoms with E-state index in [1.165, 1.54) is 4.31 Å². The lowest BCUT2D eigenvalue weighted by molar-refractivity contribution is -0.141. The normalized spacial score (nSPS) is 15.9. The van der Waals surface area contributed by atoms with Gasteiger partial charge in [-0.25, -0.2) is 13.2 Å². The molecule has 2 N–H and O–H groups in total. The van der Waals surface area contributed by atoms with E-state index in [1.54, 1.807) is 37.3 Å². The molecular weight excluding hydrogens is 370 g/mol. The fourth-order valence-electron chi connectivity index (χ4n) is 3.00. The van der Waals surface area contributed by atoms with Gasteiger partial charge in [-0.15, -0.1) is 0 Å². The van der Waals surface area contributed by atoms with Crippen LogP contribution in [0.3, 0.4) is 0 Å². The van der Waals surface area contributed by atoms with Gasteiger partial charge in [-0.3, -0.25) is 4.79 Å². The number of rotatable bonds is 8. The number of nitrogens with zero attached hydrogens (tertiary/aromatic N) is 1. The van der Waals surface area contributed by atoms with Crippen LogP contribution in [0.15, 0.2) is 35.2 Å². The van der Waals surface area contributed by atoms with Gasteiger partial charge >= 0.3 is 12.0 Å². The molecule has 2 rings (SSSR count). The highest BCUT2D eigenvalue weighted by Gasteiger charge is 2.29. The zero-order valence-electron chi connectivity index (χ0n) is 15.5. The molecule has 0 aliphatic carbocycles. The zero-order valence-corrected chi connectivity index (χ0v) is 16.3. The minimum Gasteiger partial charge on any atom is -0.465 e. The Kier molecular flexibility index (Phi) is 8.05. The number of sulfonamides is 1. The van der Waals surface area contributed by atoms with Gasteiger partial charge < -0.3 is 15.4 Å². The van der Waals surface area contributed by atoms with Gasteiger partial charge in [-0.1, -0.05) is 18.2 Å². The summed E-state index contributed by atoms with van der Waals surface area (Å²) in [4.78, 5) is 23.1. The second kappa shape index (κ2) is 10.3. The Hall–Kier alpha value is -2.13. The molecule has 0 saturated carbocycles. The van der Waals surface area contributed by atoms with Crippen LogP contribution in [0.4, 0.5) is 4.79 Å². The average Bonchev–Trinajstić information content (AvgIpc) is 2.68. The van der Waals surface area contributed by atoms with Crippen LogP contribution in [0.1, 0.15) is 26.2 Å². The summed E-state index contributed by atoms with van der Waals surface area (Å²) >= 11 is 0. The summed E-state index contributed by atoms with van der Waals surface area (Å²) in [6.07, 6.45) is 2.29. The summed E-state index contributed by atoms with van der Waals surface area (Å²) in [6.45, 7) is 3.27. The Morgan fingerprint density at radius 2 is 1.81 bits per heavy atom. The van der Waals surface area contributed by atoms with Crippen molar-refractivity contribution in [2.75, 3.05) is 32.8 Å². The molecular formula is C18H27N3O5S.